The average molecular weight is 543 g/mol. The largest absolute Gasteiger partial charge is 0.482 e. The van der Waals surface area contributed by atoms with Gasteiger partial charge in [0.1, 0.15) is 5.75 Å². The minimum absolute atomic E-state index is 0.145. The van der Waals surface area contributed by atoms with Crippen molar-refractivity contribution >= 4 is 66.5 Å². The normalized spacial score (nSPS) is 13.7. The molecule has 0 radical (unpaired) electrons. The Hall–Kier alpha value is -1.68. The van der Waals surface area contributed by atoms with Crippen molar-refractivity contribution in [1.29, 1.82) is 0 Å². The van der Waals surface area contributed by atoms with E-state index in [0.29, 0.717) is 19.0 Å². The molecule has 1 heterocycles. The van der Waals surface area contributed by atoms with Crippen molar-refractivity contribution in [3.8, 4) is 5.75 Å². The number of rotatable bonds is 5. The van der Waals surface area contributed by atoms with Gasteiger partial charge in [-0.15, -0.1) is 0 Å². The fraction of sp³-hybridized carbons (Fsp3) is 0.300. The van der Waals surface area contributed by atoms with Crippen LogP contribution in [0.15, 0.2) is 45.3 Å². The molecule has 0 atom stereocenters. The first kappa shape index (κ1) is 22.0. The van der Waals surface area contributed by atoms with Crippen molar-refractivity contribution < 1.29 is 14.3 Å². The third-order valence-corrected chi connectivity index (χ3v) is 5.55. The van der Waals surface area contributed by atoms with Gasteiger partial charge in [0.2, 0.25) is 0 Å². The van der Waals surface area contributed by atoms with Gasteiger partial charge in [-0.05, 0) is 64.9 Å². The number of morpholine rings is 1. The van der Waals surface area contributed by atoms with Crippen LogP contribution in [0, 0.1) is 6.92 Å². The summed E-state index contributed by atoms with van der Waals surface area (Å²) in [6.07, 6.45) is 0. The molecule has 0 bridgehead atoms. The van der Waals surface area contributed by atoms with Gasteiger partial charge in [-0.3, -0.25) is 10.1 Å². The van der Waals surface area contributed by atoms with Gasteiger partial charge in [0.15, 0.2) is 11.7 Å². The molecule has 3 rings (SSSR count). The number of aryl methyl sites for hydroxylation is 1. The lowest BCUT2D eigenvalue weighted by atomic mass is 10.2. The highest BCUT2D eigenvalue weighted by Gasteiger charge is 2.16. The summed E-state index contributed by atoms with van der Waals surface area (Å²) in [4.78, 5) is 14.5. The molecule has 1 fully saturated rings. The second-order valence-corrected chi connectivity index (χ2v) is 8.62. The smallest absolute Gasteiger partial charge is 0.264 e. The van der Waals surface area contributed by atoms with Crippen molar-refractivity contribution in [3.05, 3.63) is 50.9 Å². The van der Waals surface area contributed by atoms with Crippen LogP contribution in [-0.4, -0.2) is 43.9 Å². The van der Waals surface area contributed by atoms with E-state index in [1.165, 1.54) is 0 Å². The van der Waals surface area contributed by atoms with E-state index in [4.69, 9.17) is 21.7 Å². The number of anilines is 2. The maximum absolute atomic E-state index is 12.3. The lowest BCUT2D eigenvalue weighted by Crippen LogP contribution is -2.39. The number of carbonyl (C=O) groups excluding carboxylic acids is 1. The zero-order valence-electron chi connectivity index (χ0n) is 15.8. The van der Waals surface area contributed by atoms with Crippen molar-refractivity contribution in [2.45, 2.75) is 6.92 Å². The number of hydrogen-bond acceptors (Lipinski definition) is 5. The number of nitrogens with zero attached hydrogens (tertiary/aromatic N) is 1. The molecular weight excluding hydrogens is 522 g/mol. The third-order valence-electron chi connectivity index (χ3n) is 4.30. The Labute approximate surface area is 192 Å². The molecule has 0 spiro atoms. The minimum atomic E-state index is -0.333. The number of benzene rings is 2. The molecule has 154 valence electrons. The molecule has 1 aliphatic heterocycles. The van der Waals surface area contributed by atoms with Crippen LogP contribution in [0.4, 0.5) is 11.4 Å². The lowest BCUT2D eigenvalue weighted by molar-refractivity contribution is -0.121. The molecule has 0 aliphatic carbocycles. The van der Waals surface area contributed by atoms with E-state index in [1.807, 2.05) is 43.3 Å². The van der Waals surface area contributed by atoms with Crippen LogP contribution in [0.1, 0.15) is 5.56 Å². The number of ether oxygens (including phenoxy) is 2. The van der Waals surface area contributed by atoms with E-state index in [1.54, 1.807) is 0 Å². The molecule has 1 saturated heterocycles. The monoisotopic (exact) mass is 541 g/mol. The van der Waals surface area contributed by atoms with Gasteiger partial charge in [0, 0.05) is 17.6 Å². The van der Waals surface area contributed by atoms with E-state index in [-0.39, 0.29) is 17.6 Å². The molecule has 1 aliphatic rings. The van der Waals surface area contributed by atoms with Crippen LogP contribution in [0.2, 0.25) is 0 Å². The van der Waals surface area contributed by atoms with E-state index in [9.17, 15) is 4.79 Å². The summed E-state index contributed by atoms with van der Waals surface area (Å²) >= 11 is 12.2. The van der Waals surface area contributed by atoms with Crippen LogP contribution in [0.25, 0.3) is 0 Å². The Bertz CT molecular complexity index is 881. The number of carbonyl (C=O) groups is 1. The molecule has 6 nitrogen and oxygen atoms in total. The number of hydrogen-bond donors (Lipinski definition) is 2. The van der Waals surface area contributed by atoms with Gasteiger partial charge in [-0.2, -0.15) is 0 Å². The molecule has 9 heteroatoms. The number of thiocarbonyl (C=S) groups is 1. The fourth-order valence-corrected chi connectivity index (χ4v) is 4.76. The highest BCUT2D eigenvalue weighted by atomic mass is 79.9. The van der Waals surface area contributed by atoms with E-state index in [2.05, 4.69) is 47.4 Å². The minimum Gasteiger partial charge on any atom is -0.482 e. The van der Waals surface area contributed by atoms with Crippen LogP contribution in [0.5, 0.6) is 5.75 Å². The lowest BCUT2D eigenvalue weighted by Gasteiger charge is -2.30. The molecule has 29 heavy (non-hydrogen) atoms. The summed E-state index contributed by atoms with van der Waals surface area (Å²) in [6.45, 7) is 4.78. The molecule has 2 aromatic carbocycles. The van der Waals surface area contributed by atoms with Gasteiger partial charge in [-0.1, -0.05) is 28.1 Å². The average Bonchev–Trinajstić information content (AvgIpc) is 2.68. The van der Waals surface area contributed by atoms with Crippen molar-refractivity contribution in [2.75, 3.05) is 43.1 Å². The van der Waals surface area contributed by atoms with Gasteiger partial charge in [0.05, 0.1) is 29.1 Å². The van der Waals surface area contributed by atoms with Gasteiger partial charge in [0.25, 0.3) is 5.91 Å². The van der Waals surface area contributed by atoms with Crippen LogP contribution >= 0.6 is 44.1 Å². The molecular formula is C20H21Br2N3O3S. The van der Waals surface area contributed by atoms with E-state index < -0.39 is 0 Å². The number of para-hydroxylation sites is 2. The molecule has 2 aromatic rings. The van der Waals surface area contributed by atoms with Crippen LogP contribution < -0.4 is 20.3 Å². The highest BCUT2D eigenvalue weighted by molar-refractivity contribution is 9.11. The molecule has 0 saturated carbocycles. The quantitative estimate of drug-likeness (QED) is 0.551. The second-order valence-electron chi connectivity index (χ2n) is 6.44. The van der Waals surface area contributed by atoms with E-state index in [0.717, 1.165) is 39.0 Å². The molecule has 0 aromatic heterocycles. The second kappa shape index (κ2) is 10.4. The van der Waals surface area contributed by atoms with Gasteiger partial charge in [-0.25, -0.2) is 0 Å². The fourth-order valence-electron chi connectivity index (χ4n) is 2.99. The van der Waals surface area contributed by atoms with Crippen LogP contribution in [-0.2, 0) is 9.53 Å². The Kier molecular flexibility index (Phi) is 7.88. The van der Waals surface area contributed by atoms with Crippen molar-refractivity contribution in [2.24, 2.45) is 0 Å². The summed E-state index contributed by atoms with van der Waals surface area (Å²) in [5.74, 6) is 0.292. The van der Waals surface area contributed by atoms with Gasteiger partial charge >= 0.3 is 0 Å². The number of halogens is 2. The first-order valence-electron chi connectivity index (χ1n) is 9.05. The summed E-state index contributed by atoms with van der Waals surface area (Å²) < 4.78 is 12.8. The zero-order valence-corrected chi connectivity index (χ0v) is 19.8. The van der Waals surface area contributed by atoms with Crippen molar-refractivity contribution in [1.82, 2.24) is 5.32 Å². The van der Waals surface area contributed by atoms with Crippen LogP contribution in [0.3, 0.4) is 0 Å². The first-order valence-corrected chi connectivity index (χ1v) is 11.0. The molecule has 1 amide bonds. The highest BCUT2D eigenvalue weighted by Crippen LogP contribution is 2.32. The number of amides is 1. The standard InChI is InChI=1S/C20H21Br2N3O3S/c1-13-10-14(21)11-15(22)19(13)28-12-18(26)24-20(29)23-16-4-2-3-5-17(16)25-6-8-27-9-7-25/h2-5,10-11H,6-9,12H2,1H3,(H2,23,24,26,29). The Morgan fingerprint density at radius 3 is 2.69 bits per heavy atom. The van der Waals surface area contributed by atoms with Gasteiger partial charge < -0.3 is 19.7 Å². The predicted molar refractivity (Wildman–Crippen MR) is 126 cm³/mol. The number of nitrogens with one attached hydrogen (secondary N) is 2. The summed E-state index contributed by atoms with van der Waals surface area (Å²) in [6, 6.07) is 11.6. The predicted octanol–water partition coefficient (Wildman–Crippen LogP) is 4.25. The Balaban J connectivity index is 1.57. The summed E-state index contributed by atoms with van der Waals surface area (Å²) in [5.41, 5.74) is 2.78. The topological polar surface area (TPSA) is 62.8 Å². The maximum Gasteiger partial charge on any atom is 0.264 e. The third kappa shape index (κ3) is 6.15. The summed E-state index contributed by atoms with van der Waals surface area (Å²) in [5, 5.41) is 6.01. The first-order chi connectivity index (χ1) is 13.9. The maximum atomic E-state index is 12.3. The zero-order chi connectivity index (χ0) is 20.8. The Morgan fingerprint density at radius 1 is 1.24 bits per heavy atom. The molecule has 0 unspecified atom stereocenters. The SMILES string of the molecule is Cc1cc(Br)cc(Br)c1OCC(=O)NC(=S)Nc1ccccc1N1CCOCC1. The molecule has 2 N–H and O–H groups in total. The Morgan fingerprint density at radius 2 is 1.97 bits per heavy atom. The van der Waals surface area contributed by atoms with Crippen molar-refractivity contribution in [3.63, 3.8) is 0 Å². The summed E-state index contributed by atoms with van der Waals surface area (Å²) in [7, 11) is 0. The van der Waals surface area contributed by atoms with E-state index >= 15 is 0 Å².